The van der Waals surface area contributed by atoms with Crippen molar-refractivity contribution in [2.24, 2.45) is 0 Å². The number of hydrogen-bond acceptors (Lipinski definition) is 1. The Kier molecular flexibility index (Phi) is 1.04. The number of rotatable bonds is 0. The summed E-state index contributed by atoms with van der Waals surface area (Å²) in [5.41, 5.74) is 1.57. The van der Waals surface area contributed by atoms with E-state index in [4.69, 9.17) is 0 Å². The molecule has 1 atom stereocenters. The highest BCUT2D eigenvalue weighted by Gasteiger charge is 2.26. The second-order valence-corrected chi connectivity index (χ2v) is 3.21. The van der Waals surface area contributed by atoms with Gasteiger partial charge in [-0.05, 0) is 32.4 Å². The fraction of sp³-hybridized carbons (Fsp3) is 0.750. The predicted octanol–water partition coefficient (Wildman–Crippen LogP) is 1.76. The van der Waals surface area contributed by atoms with Gasteiger partial charge in [-0.3, -0.25) is 0 Å². The minimum Gasteiger partial charge on any atom is -0.374 e. The van der Waals surface area contributed by atoms with E-state index in [0.29, 0.717) is 0 Å². The van der Waals surface area contributed by atoms with Crippen molar-refractivity contribution >= 4 is 0 Å². The maximum Gasteiger partial charge on any atom is 0.0322 e. The molecule has 1 saturated heterocycles. The van der Waals surface area contributed by atoms with Crippen LogP contribution in [0.4, 0.5) is 0 Å². The van der Waals surface area contributed by atoms with Crippen molar-refractivity contribution < 1.29 is 0 Å². The Balaban J connectivity index is 2.13. The van der Waals surface area contributed by atoms with Crippen molar-refractivity contribution in [1.29, 1.82) is 0 Å². The van der Waals surface area contributed by atoms with E-state index in [1.165, 1.54) is 25.8 Å². The van der Waals surface area contributed by atoms with Crippen LogP contribution in [0.25, 0.3) is 0 Å². The molecule has 0 aromatic rings. The zero-order chi connectivity index (χ0) is 6.27. The van der Waals surface area contributed by atoms with Gasteiger partial charge in [-0.2, -0.15) is 0 Å². The molecule has 0 spiro atoms. The average Bonchev–Trinajstić information content (AvgIpc) is 2.22. The van der Waals surface area contributed by atoms with Crippen LogP contribution in [0.1, 0.15) is 26.2 Å². The zero-order valence-electron chi connectivity index (χ0n) is 5.93. The molecule has 9 heavy (non-hydrogen) atoms. The van der Waals surface area contributed by atoms with Crippen molar-refractivity contribution in [1.82, 2.24) is 4.90 Å². The maximum atomic E-state index is 2.50. The van der Waals surface area contributed by atoms with Crippen LogP contribution in [0, 0.1) is 0 Å². The van der Waals surface area contributed by atoms with Gasteiger partial charge in [0, 0.05) is 12.6 Å². The molecule has 0 amide bonds. The minimum absolute atomic E-state index is 0.894. The fourth-order valence-electron chi connectivity index (χ4n) is 1.95. The third kappa shape index (κ3) is 0.752. The lowest BCUT2D eigenvalue weighted by molar-refractivity contribution is 0.379. The highest BCUT2D eigenvalue weighted by Crippen LogP contribution is 2.29. The van der Waals surface area contributed by atoms with E-state index in [0.717, 1.165) is 6.04 Å². The smallest absolute Gasteiger partial charge is 0.0322 e. The van der Waals surface area contributed by atoms with Crippen molar-refractivity contribution in [3.8, 4) is 0 Å². The second-order valence-electron chi connectivity index (χ2n) is 3.21. The Bertz CT molecular complexity index is 149. The molecular weight excluding hydrogens is 110 g/mol. The fourth-order valence-corrected chi connectivity index (χ4v) is 1.95. The first-order chi connectivity index (χ1) is 4.36. The third-order valence-corrected chi connectivity index (χ3v) is 2.37. The first kappa shape index (κ1) is 5.33. The molecule has 0 radical (unpaired) electrons. The molecule has 0 aromatic heterocycles. The molecule has 0 bridgehead atoms. The van der Waals surface area contributed by atoms with E-state index >= 15 is 0 Å². The molecule has 1 unspecified atom stereocenters. The van der Waals surface area contributed by atoms with Crippen LogP contribution in [0.2, 0.25) is 0 Å². The van der Waals surface area contributed by atoms with Crippen LogP contribution >= 0.6 is 0 Å². The van der Waals surface area contributed by atoms with Crippen LogP contribution in [0.15, 0.2) is 11.8 Å². The molecule has 2 aliphatic heterocycles. The van der Waals surface area contributed by atoms with E-state index in [9.17, 15) is 0 Å². The van der Waals surface area contributed by atoms with Crippen LogP contribution < -0.4 is 0 Å². The summed E-state index contributed by atoms with van der Waals surface area (Å²) >= 11 is 0. The molecule has 0 N–H and O–H groups in total. The summed E-state index contributed by atoms with van der Waals surface area (Å²) in [6, 6.07) is 0.894. The highest BCUT2D eigenvalue weighted by atomic mass is 15.2. The second kappa shape index (κ2) is 1.76. The van der Waals surface area contributed by atoms with Gasteiger partial charge in [-0.25, -0.2) is 0 Å². The molecule has 0 aromatic carbocycles. The normalized spacial score (nSPS) is 32.8. The number of nitrogens with zero attached hydrogens (tertiary/aromatic N) is 1. The topological polar surface area (TPSA) is 3.24 Å². The first-order valence-corrected chi connectivity index (χ1v) is 3.79. The third-order valence-electron chi connectivity index (χ3n) is 2.37. The molecule has 1 nitrogen and oxygen atoms in total. The molecule has 1 heteroatoms. The van der Waals surface area contributed by atoms with Crippen molar-refractivity contribution in [3.63, 3.8) is 0 Å². The summed E-state index contributed by atoms with van der Waals surface area (Å²) in [6.07, 6.45) is 6.50. The molecule has 50 valence electrons. The van der Waals surface area contributed by atoms with Gasteiger partial charge in [0.15, 0.2) is 0 Å². The predicted molar refractivity (Wildman–Crippen MR) is 38.1 cm³/mol. The van der Waals surface area contributed by atoms with E-state index in [-0.39, 0.29) is 0 Å². The zero-order valence-corrected chi connectivity index (χ0v) is 5.93. The Morgan fingerprint density at radius 2 is 2.56 bits per heavy atom. The van der Waals surface area contributed by atoms with Crippen LogP contribution in [0.5, 0.6) is 0 Å². The van der Waals surface area contributed by atoms with E-state index < -0.39 is 0 Å². The summed E-state index contributed by atoms with van der Waals surface area (Å²) in [5, 5.41) is 0. The molecule has 0 saturated carbocycles. The number of hydrogen-bond donors (Lipinski definition) is 0. The monoisotopic (exact) mass is 123 g/mol. The summed E-state index contributed by atoms with van der Waals surface area (Å²) in [7, 11) is 0. The number of fused-ring (bicyclic) bond motifs is 1. The Labute approximate surface area is 56.4 Å². The molecule has 2 rings (SSSR count). The SMILES string of the molecule is CC1=CN2CCCC2C1. The maximum absolute atomic E-state index is 2.50. The quantitative estimate of drug-likeness (QED) is 0.474. The average molecular weight is 123 g/mol. The summed E-state index contributed by atoms with van der Waals surface area (Å²) in [6.45, 7) is 3.54. The van der Waals surface area contributed by atoms with Gasteiger partial charge < -0.3 is 4.90 Å². The minimum atomic E-state index is 0.894. The Morgan fingerprint density at radius 1 is 1.67 bits per heavy atom. The van der Waals surface area contributed by atoms with Gasteiger partial charge in [0.25, 0.3) is 0 Å². The molecular formula is C8H13N. The van der Waals surface area contributed by atoms with Crippen LogP contribution in [-0.2, 0) is 0 Å². The van der Waals surface area contributed by atoms with Crippen LogP contribution in [-0.4, -0.2) is 17.5 Å². The molecule has 2 heterocycles. The van der Waals surface area contributed by atoms with Gasteiger partial charge in [-0.15, -0.1) is 0 Å². The summed E-state index contributed by atoms with van der Waals surface area (Å²) in [5.74, 6) is 0. The Morgan fingerprint density at radius 3 is 3.33 bits per heavy atom. The lowest BCUT2D eigenvalue weighted by Crippen LogP contribution is -2.17. The van der Waals surface area contributed by atoms with E-state index in [1.807, 2.05) is 0 Å². The van der Waals surface area contributed by atoms with E-state index in [2.05, 4.69) is 18.0 Å². The van der Waals surface area contributed by atoms with E-state index in [1.54, 1.807) is 5.57 Å². The van der Waals surface area contributed by atoms with Gasteiger partial charge in [0.1, 0.15) is 0 Å². The highest BCUT2D eigenvalue weighted by molar-refractivity contribution is 5.10. The van der Waals surface area contributed by atoms with Gasteiger partial charge in [-0.1, -0.05) is 5.57 Å². The van der Waals surface area contributed by atoms with Crippen molar-refractivity contribution in [3.05, 3.63) is 11.8 Å². The first-order valence-electron chi connectivity index (χ1n) is 3.79. The van der Waals surface area contributed by atoms with Gasteiger partial charge in [0.2, 0.25) is 0 Å². The molecule has 1 fully saturated rings. The van der Waals surface area contributed by atoms with Crippen molar-refractivity contribution in [2.45, 2.75) is 32.2 Å². The summed E-state index contributed by atoms with van der Waals surface area (Å²) in [4.78, 5) is 2.50. The summed E-state index contributed by atoms with van der Waals surface area (Å²) < 4.78 is 0. The van der Waals surface area contributed by atoms with Gasteiger partial charge in [0.05, 0.1) is 0 Å². The largest absolute Gasteiger partial charge is 0.374 e. The molecule has 2 aliphatic rings. The van der Waals surface area contributed by atoms with Crippen LogP contribution in [0.3, 0.4) is 0 Å². The lowest BCUT2D eigenvalue weighted by Gasteiger charge is -2.13. The lowest BCUT2D eigenvalue weighted by atomic mass is 10.1. The Hall–Kier alpha value is -0.460. The van der Waals surface area contributed by atoms with Crippen molar-refractivity contribution in [2.75, 3.05) is 6.54 Å². The van der Waals surface area contributed by atoms with Gasteiger partial charge >= 0.3 is 0 Å². The standard InChI is InChI=1S/C8H13N/c1-7-5-8-3-2-4-9(8)6-7/h6,8H,2-5H2,1H3. The molecule has 0 aliphatic carbocycles.